The molecule has 4 aromatic rings. The number of hydrogen-bond acceptors (Lipinski definition) is 6. The zero-order chi connectivity index (χ0) is 33.4. The van der Waals surface area contributed by atoms with Crippen LogP contribution < -0.4 is 10.1 Å². The Hall–Kier alpha value is -4.84. The number of hydrogen-bond donors (Lipinski definition) is 2. The summed E-state index contributed by atoms with van der Waals surface area (Å²) in [4.78, 5) is 22.3. The van der Waals surface area contributed by atoms with Crippen molar-refractivity contribution < 1.29 is 32.5 Å². The molecule has 9 nitrogen and oxygen atoms in total. The van der Waals surface area contributed by atoms with Crippen molar-refractivity contribution >= 4 is 33.4 Å². The van der Waals surface area contributed by atoms with E-state index in [0.717, 1.165) is 10.5 Å². The normalized spacial score (nSPS) is 17.3. The molecule has 0 bridgehead atoms. The van der Waals surface area contributed by atoms with Crippen LogP contribution in [-0.2, 0) is 28.7 Å². The van der Waals surface area contributed by atoms with Crippen LogP contribution in [0.15, 0.2) is 112 Å². The van der Waals surface area contributed by atoms with Crippen molar-refractivity contribution in [2.45, 2.75) is 37.2 Å². The molecule has 1 amide bonds. The minimum Gasteiger partial charge on any atom is -0.494 e. The van der Waals surface area contributed by atoms with Crippen LogP contribution in [0.2, 0.25) is 0 Å². The molecule has 0 saturated heterocycles. The van der Waals surface area contributed by atoms with Crippen LogP contribution in [-0.4, -0.2) is 35.7 Å². The van der Waals surface area contributed by atoms with E-state index in [2.05, 4.69) is 31.3 Å². The predicted molar refractivity (Wildman–Crippen MR) is 173 cm³/mol. The third-order valence-electron chi connectivity index (χ3n) is 7.57. The van der Waals surface area contributed by atoms with Gasteiger partial charge in [-0.2, -0.15) is 13.2 Å². The number of halogens is 4. The number of amides is 1. The summed E-state index contributed by atoms with van der Waals surface area (Å²) in [6.07, 6.45) is -5.29. The fourth-order valence-electron chi connectivity index (χ4n) is 5.30. The van der Waals surface area contributed by atoms with Crippen molar-refractivity contribution in [3.05, 3.63) is 140 Å². The van der Waals surface area contributed by atoms with Gasteiger partial charge in [0.25, 0.3) is 5.91 Å². The Morgan fingerprint density at radius 1 is 1.02 bits per heavy atom. The number of nitrogens with one attached hydrogen (secondary N) is 1. The van der Waals surface area contributed by atoms with Crippen molar-refractivity contribution in [3.8, 4) is 5.75 Å². The number of carbonyl (C=O) groups is 1. The molecule has 0 spiro atoms. The number of alkyl halides is 3. The topological polar surface area (TPSA) is 129 Å². The molecule has 242 valence electrons. The molecule has 1 aliphatic rings. The molecule has 5 rings (SSSR count). The number of rotatable bonds is 12. The van der Waals surface area contributed by atoms with Crippen LogP contribution >= 0.6 is 15.9 Å². The van der Waals surface area contributed by atoms with Gasteiger partial charge in [-0.25, -0.2) is 4.99 Å². The summed E-state index contributed by atoms with van der Waals surface area (Å²) in [5.74, 6) is 0.00455. The Labute approximate surface area is 276 Å². The van der Waals surface area contributed by atoms with E-state index in [-0.39, 0.29) is 30.2 Å². The molecule has 0 saturated carbocycles. The summed E-state index contributed by atoms with van der Waals surface area (Å²) in [6, 6.07) is 25.7. The van der Waals surface area contributed by atoms with Crippen molar-refractivity contribution in [3.63, 3.8) is 0 Å². The van der Waals surface area contributed by atoms with Crippen LogP contribution in [0.25, 0.3) is 10.4 Å². The molecule has 47 heavy (non-hydrogen) atoms. The number of aliphatic hydroxyl groups excluding tert-OH is 1. The first kappa shape index (κ1) is 33.5. The standard InChI is InChI=1S/C34H29BrF3N5O4/c35-26-14-10-22(11-15-26)30-33(20-24-6-2-4-9-29(24)42-43-39,32(45)40-21-25-7-1-3-8-28(25)34(36,37)38)41-31(47-30)23-12-16-27(17-13-23)46-19-5-18-44/h1-4,6-17,30,44H,5,18-21H2,(H,40,45)/t30-,33-/m1/s1. The van der Waals surface area contributed by atoms with Gasteiger partial charge in [0.1, 0.15) is 5.75 Å². The maximum Gasteiger partial charge on any atom is 0.416 e. The predicted octanol–water partition coefficient (Wildman–Crippen LogP) is 7.99. The molecule has 2 atom stereocenters. The lowest BCUT2D eigenvalue weighted by Crippen LogP contribution is -2.49. The van der Waals surface area contributed by atoms with Crippen LogP contribution in [0.3, 0.4) is 0 Å². The van der Waals surface area contributed by atoms with Gasteiger partial charge in [-0.1, -0.05) is 75.6 Å². The second-order valence-corrected chi connectivity index (χ2v) is 11.6. The van der Waals surface area contributed by atoms with Crippen LogP contribution in [0.5, 0.6) is 5.75 Å². The first-order valence-corrected chi connectivity index (χ1v) is 15.4. The van der Waals surface area contributed by atoms with E-state index in [4.69, 9.17) is 19.6 Å². The number of carbonyl (C=O) groups excluding carboxylic acids is 1. The number of aliphatic hydroxyl groups is 1. The molecule has 0 unspecified atom stereocenters. The van der Waals surface area contributed by atoms with Gasteiger partial charge >= 0.3 is 6.18 Å². The van der Waals surface area contributed by atoms with Crippen LogP contribution in [0.1, 0.15) is 40.3 Å². The second kappa shape index (κ2) is 14.7. The van der Waals surface area contributed by atoms with Crippen LogP contribution in [0.4, 0.5) is 18.9 Å². The van der Waals surface area contributed by atoms with Crippen molar-refractivity contribution in [1.82, 2.24) is 5.32 Å². The van der Waals surface area contributed by atoms with Gasteiger partial charge in [-0.3, -0.25) is 4.79 Å². The lowest BCUT2D eigenvalue weighted by Gasteiger charge is -2.31. The number of azide groups is 1. The zero-order valence-electron chi connectivity index (χ0n) is 24.8. The summed E-state index contributed by atoms with van der Waals surface area (Å²) >= 11 is 3.43. The third kappa shape index (κ3) is 7.76. The van der Waals surface area contributed by atoms with E-state index in [1.54, 1.807) is 72.8 Å². The van der Waals surface area contributed by atoms with Crippen molar-refractivity contribution in [2.75, 3.05) is 13.2 Å². The van der Waals surface area contributed by atoms with Crippen LogP contribution in [0, 0.1) is 0 Å². The molecular formula is C34H29BrF3N5O4. The van der Waals surface area contributed by atoms with Crippen molar-refractivity contribution in [1.29, 1.82) is 0 Å². The van der Waals surface area contributed by atoms with E-state index in [1.165, 1.54) is 18.2 Å². The fraction of sp³-hybridized carbons (Fsp3) is 0.235. The quantitative estimate of drug-likeness (QED) is 0.0669. The molecule has 0 aromatic heterocycles. The van der Waals surface area contributed by atoms with Crippen molar-refractivity contribution in [2.24, 2.45) is 10.1 Å². The minimum absolute atomic E-state index is 0.00504. The van der Waals surface area contributed by atoms with E-state index >= 15 is 0 Å². The average Bonchev–Trinajstić information content (AvgIpc) is 3.45. The molecule has 4 aromatic carbocycles. The summed E-state index contributed by atoms with van der Waals surface area (Å²) in [6.45, 7) is -0.106. The highest BCUT2D eigenvalue weighted by Gasteiger charge is 2.53. The molecule has 1 heterocycles. The van der Waals surface area contributed by atoms with Gasteiger partial charge < -0.3 is 19.9 Å². The Morgan fingerprint density at radius 3 is 2.38 bits per heavy atom. The first-order chi connectivity index (χ1) is 22.6. The maximum atomic E-state index is 14.5. The summed E-state index contributed by atoms with van der Waals surface area (Å²) < 4.78 is 54.3. The van der Waals surface area contributed by atoms with E-state index in [9.17, 15) is 23.5 Å². The van der Waals surface area contributed by atoms with E-state index in [1.807, 2.05) is 0 Å². The molecule has 0 radical (unpaired) electrons. The largest absolute Gasteiger partial charge is 0.494 e. The fourth-order valence-corrected chi connectivity index (χ4v) is 5.56. The Kier molecular flexibility index (Phi) is 10.5. The minimum atomic E-state index is -4.62. The summed E-state index contributed by atoms with van der Waals surface area (Å²) in [5, 5.41) is 15.5. The lowest BCUT2D eigenvalue weighted by atomic mass is 9.81. The molecule has 0 aliphatic carbocycles. The Morgan fingerprint density at radius 2 is 1.70 bits per heavy atom. The molecule has 13 heteroatoms. The van der Waals surface area contributed by atoms with E-state index in [0.29, 0.717) is 35.5 Å². The molecule has 2 N–H and O–H groups in total. The van der Waals surface area contributed by atoms with Gasteiger partial charge in [0.15, 0.2) is 11.6 Å². The smallest absolute Gasteiger partial charge is 0.416 e. The average molecular weight is 709 g/mol. The monoisotopic (exact) mass is 707 g/mol. The summed E-state index contributed by atoms with van der Waals surface area (Å²) in [7, 11) is 0. The van der Waals surface area contributed by atoms with Gasteiger partial charge in [-0.15, -0.1) is 0 Å². The van der Waals surface area contributed by atoms with Gasteiger partial charge in [0, 0.05) is 46.6 Å². The SMILES string of the molecule is [N-]=[N+]=Nc1ccccc1C[C@@]1(C(=O)NCc2ccccc2C(F)(F)F)N=C(c2ccc(OCCCO)cc2)O[C@@H]1c1ccc(Br)cc1. The van der Waals surface area contributed by atoms with Gasteiger partial charge in [0.2, 0.25) is 5.90 Å². The van der Waals surface area contributed by atoms with Gasteiger partial charge in [-0.05, 0) is 64.7 Å². The Bertz CT molecular complexity index is 1790. The highest BCUT2D eigenvalue weighted by molar-refractivity contribution is 9.10. The maximum absolute atomic E-state index is 14.5. The summed E-state index contributed by atoms with van der Waals surface area (Å²) in [5.41, 5.74) is 8.38. The number of ether oxygens (including phenoxy) is 2. The first-order valence-electron chi connectivity index (χ1n) is 14.6. The highest BCUT2D eigenvalue weighted by Crippen LogP contribution is 2.44. The molecular weight excluding hydrogens is 679 g/mol. The third-order valence-corrected chi connectivity index (χ3v) is 8.10. The number of nitrogens with zero attached hydrogens (tertiary/aromatic N) is 4. The molecule has 0 fully saturated rings. The number of aliphatic imine (C=N–C) groups is 1. The lowest BCUT2D eigenvalue weighted by molar-refractivity contribution is -0.138. The highest BCUT2D eigenvalue weighted by atomic mass is 79.9. The Balaban J connectivity index is 1.61. The zero-order valence-corrected chi connectivity index (χ0v) is 26.4. The molecule has 1 aliphatic heterocycles. The number of benzene rings is 4. The second-order valence-electron chi connectivity index (χ2n) is 10.7. The van der Waals surface area contributed by atoms with E-state index < -0.39 is 35.8 Å². The van der Waals surface area contributed by atoms with Gasteiger partial charge in [0.05, 0.1) is 12.2 Å².